The van der Waals surface area contributed by atoms with Gasteiger partial charge in [0.05, 0.1) is 6.04 Å². The van der Waals surface area contributed by atoms with Crippen molar-refractivity contribution < 1.29 is 4.79 Å². The Balaban J connectivity index is 1.68. The van der Waals surface area contributed by atoms with Gasteiger partial charge in [0, 0.05) is 19.3 Å². The molecule has 1 atom stereocenters. The number of likely N-dealkylation sites (tertiary alicyclic amines) is 1. The fraction of sp³-hybridized carbons (Fsp3) is 0.500. The molecule has 24 heavy (non-hydrogen) atoms. The third kappa shape index (κ3) is 3.79. The number of nitrogens with one attached hydrogen (secondary N) is 1. The molecule has 4 nitrogen and oxygen atoms in total. The van der Waals surface area contributed by atoms with E-state index in [4.69, 9.17) is 0 Å². The zero-order valence-electron chi connectivity index (χ0n) is 14.3. The van der Waals surface area contributed by atoms with Gasteiger partial charge in [-0.3, -0.25) is 4.79 Å². The highest BCUT2D eigenvalue weighted by molar-refractivity contribution is 5.97. The first kappa shape index (κ1) is 16.6. The standard InChI is InChI=1S/C20H25N3O/c1-15(17-9-8-16-6-2-3-7-18(16)12-17)22-20(24)19(13-21)14-23-10-4-5-11-23/h8-9,12,14-15H,2-7,10-11H2,1H3,(H,22,24)/b19-14-. The Kier molecular flexibility index (Phi) is 5.20. The summed E-state index contributed by atoms with van der Waals surface area (Å²) in [6.07, 6.45) is 8.77. The second-order valence-electron chi connectivity index (χ2n) is 6.83. The number of nitrogens with zero attached hydrogens (tertiary/aromatic N) is 2. The Morgan fingerprint density at radius 3 is 2.62 bits per heavy atom. The van der Waals surface area contributed by atoms with Gasteiger partial charge in [-0.05, 0) is 62.1 Å². The molecule has 2 aliphatic rings. The average molecular weight is 323 g/mol. The molecule has 1 aliphatic heterocycles. The van der Waals surface area contributed by atoms with Crippen LogP contribution >= 0.6 is 0 Å². The van der Waals surface area contributed by atoms with Gasteiger partial charge in [-0.1, -0.05) is 18.2 Å². The van der Waals surface area contributed by atoms with E-state index in [1.54, 1.807) is 6.20 Å². The maximum Gasteiger partial charge on any atom is 0.263 e. The Labute approximate surface area is 144 Å². The van der Waals surface area contributed by atoms with E-state index in [0.717, 1.165) is 44.3 Å². The maximum absolute atomic E-state index is 12.4. The summed E-state index contributed by atoms with van der Waals surface area (Å²) in [5.41, 5.74) is 4.16. The molecule has 1 N–H and O–H groups in total. The molecule has 1 aliphatic carbocycles. The van der Waals surface area contributed by atoms with Gasteiger partial charge in [-0.25, -0.2) is 0 Å². The first-order valence-corrected chi connectivity index (χ1v) is 8.96. The van der Waals surface area contributed by atoms with Crippen molar-refractivity contribution in [1.82, 2.24) is 10.2 Å². The van der Waals surface area contributed by atoms with Crippen molar-refractivity contribution in [2.45, 2.75) is 51.5 Å². The molecule has 0 radical (unpaired) electrons. The summed E-state index contributed by atoms with van der Waals surface area (Å²) in [6.45, 7) is 3.84. The second kappa shape index (κ2) is 7.53. The molecule has 126 valence electrons. The summed E-state index contributed by atoms with van der Waals surface area (Å²) in [4.78, 5) is 14.5. The number of hydrogen-bond donors (Lipinski definition) is 1. The molecule has 0 bridgehead atoms. The van der Waals surface area contributed by atoms with Gasteiger partial charge in [-0.2, -0.15) is 5.26 Å². The highest BCUT2D eigenvalue weighted by Crippen LogP contribution is 2.25. The molecular weight excluding hydrogens is 298 g/mol. The van der Waals surface area contributed by atoms with E-state index in [2.05, 4.69) is 28.4 Å². The van der Waals surface area contributed by atoms with Gasteiger partial charge in [0.15, 0.2) is 0 Å². The zero-order valence-corrected chi connectivity index (χ0v) is 14.3. The van der Waals surface area contributed by atoms with Crippen LogP contribution < -0.4 is 5.32 Å². The molecule has 1 amide bonds. The van der Waals surface area contributed by atoms with Crippen molar-refractivity contribution in [3.63, 3.8) is 0 Å². The minimum Gasteiger partial charge on any atom is -0.376 e. The van der Waals surface area contributed by atoms with E-state index in [1.807, 2.05) is 13.0 Å². The van der Waals surface area contributed by atoms with Crippen LogP contribution in [-0.4, -0.2) is 23.9 Å². The molecule has 1 fully saturated rings. The summed E-state index contributed by atoms with van der Waals surface area (Å²) in [5.74, 6) is -0.283. The number of nitriles is 1. The van der Waals surface area contributed by atoms with Crippen molar-refractivity contribution in [3.05, 3.63) is 46.7 Å². The Morgan fingerprint density at radius 1 is 1.21 bits per heavy atom. The van der Waals surface area contributed by atoms with Crippen molar-refractivity contribution >= 4 is 5.91 Å². The predicted octanol–water partition coefficient (Wildman–Crippen LogP) is 3.25. The highest BCUT2D eigenvalue weighted by Gasteiger charge is 2.18. The van der Waals surface area contributed by atoms with Crippen LogP contribution in [0, 0.1) is 11.3 Å². The van der Waals surface area contributed by atoms with E-state index in [0.29, 0.717) is 0 Å². The molecular formula is C20H25N3O. The first-order valence-electron chi connectivity index (χ1n) is 8.96. The quantitative estimate of drug-likeness (QED) is 0.683. The van der Waals surface area contributed by atoms with Gasteiger partial charge in [0.2, 0.25) is 0 Å². The van der Waals surface area contributed by atoms with E-state index in [-0.39, 0.29) is 17.5 Å². The van der Waals surface area contributed by atoms with Crippen LogP contribution in [0.1, 0.15) is 55.3 Å². The Morgan fingerprint density at radius 2 is 1.92 bits per heavy atom. The molecule has 1 heterocycles. The lowest BCUT2D eigenvalue weighted by molar-refractivity contribution is -0.117. The lowest BCUT2D eigenvalue weighted by Crippen LogP contribution is -2.29. The number of rotatable bonds is 4. The van der Waals surface area contributed by atoms with Gasteiger partial charge >= 0.3 is 0 Å². The largest absolute Gasteiger partial charge is 0.376 e. The third-order valence-corrected chi connectivity index (χ3v) is 5.04. The fourth-order valence-electron chi connectivity index (χ4n) is 3.57. The van der Waals surface area contributed by atoms with E-state index in [9.17, 15) is 10.1 Å². The van der Waals surface area contributed by atoms with Crippen molar-refractivity contribution in [1.29, 1.82) is 5.26 Å². The highest BCUT2D eigenvalue weighted by atomic mass is 16.1. The normalized spacial score (nSPS) is 18.7. The molecule has 1 aromatic carbocycles. The minimum atomic E-state index is -0.283. The topological polar surface area (TPSA) is 56.1 Å². The predicted molar refractivity (Wildman–Crippen MR) is 94.1 cm³/mol. The summed E-state index contributed by atoms with van der Waals surface area (Å²) >= 11 is 0. The number of aryl methyl sites for hydroxylation is 2. The minimum absolute atomic E-state index is 0.0972. The maximum atomic E-state index is 12.4. The first-order chi connectivity index (χ1) is 11.7. The van der Waals surface area contributed by atoms with Crippen molar-refractivity contribution in [3.8, 4) is 6.07 Å². The second-order valence-corrected chi connectivity index (χ2v) is 6.83. The van der Waals surface area contributed by atoms with Crippen molar-refractivity contribution in [2.75, 3.05) is 13.1 Å². The zero-order chi connectivity index (χ0) is 16.9. The van der Waals surface area contributed by atoms with Crippen LogP contribution in [0.4, 0.5) is 0 Å². The van der Waals surface area contributed by atoms with Crippen molar-refractivity contribution in [2.24, 2.45) is 0 Å². The third-order valence-electron chi connectivity index (χ3n) is 5.04. The molecule has 1 unspecified atom stereocenters. The smallest absolute Gasteiger partial charge is 0.263 e. The molecule has 1 aromatic rings. The lowest BCUT2D eigenvalue weighted by Gasteiger charge is -2.20. The molecule has 0 aromatic heterocycles. The van der Waals surface area contributed by atoms with Crippen LogP contribution in [0.25, 0.3) is 0 Å². The number of hydrogen-bond acceptors (Lipinski definition) is 3. The molecule has 4 heteroatoms. The van der Waals surface area contributed by atoms with E-state index in [1.165, 1.54) is 24.0 Å². The van der Waals surface area contributed by atoms with Gasteiger partial charge < -0.3 is 10.2 Å². The summed E-state index contributed by atoms with van der Waals surface area (Å²) < 4.78 is 0. The van der Waals surface area contributed by atoms with Gasteiger partial charge in [-0.15, -0.1) is 0 Å². The summed E-state index contributed by atoms with van der Waals surface area (Å²) in [6, 6.07) is 8.46. The van der Waals surface area contributed by atoms with E-state index >= 15 is 0 Å². The van der Waals surface area contributed by atoms with Crippen LogP contribution in [-0.2, 0) is 17.6 Å². The average Bonchev–Trinajstić information content (AvgIpc) is 3.12. The van der Waals surface area contributed by atoms with Crippen LogP contribution in [0.5, 0.6) is 0 Å². The number of carbonyl (C=O) groups excluding carboxylic acids is 1. The monoisotopic (exact) mass is 323 g/mol. The lowest BCUT2D eigenvalue weighted by atomic mass is 9.89. The molecule has 0 spiro atoms. The fourth-order valence-corrected chi connectivity index (χ4v) is 3.57. The van der Waals surface area contributed by atoms with Crippen LogP contribution in [0.3, 0.4) is 0 Å². The number of fused-ring (bicyclic) bond motifs is 1. The molecule has 3 rings (SSSR count). The van der Waals surface area contributed by atoms with Gasteiger partial charge in [0.1, 0.15) is 11.6 Å². The summed E-state index contributed by atoms with van der Waals surface area (Å²) in [5, 5.41) is 12.3. The van der Waals surface area contributed by atoms with Crippen LogP contribution in [0.15, 0.2) is 30.0 Å². The van der Waals surface area contributed by atoms with Crippen LogP contribution in [0.2, 0.25) is 0 Å². The number of benzene rings is 1. The number of amides is 1. The SMILES string of the molecule is CC(NC(=O)/C(C#N)=C\N1CCCC1)c1ccc2c(c1)CCCC2. The molecule has 1 saturated heterocycles. The van der Waals surface area contributed by atoms with Gasteiger partial charge in [0.25, 0.3) is 5.91 Å². The Bertz CT molecular complexity index is 681. The number of carbonyl (C=O) groups is 1. The Hall–Kier alpha value is -2.28. The molecule has 0 saturated carbocycles. The summed E-state index contributed by atoms with van der Waals surface area (Å²) in [7, 11) is 0. The van der Waals surface area contributed by atoms with E-state index < -0.39 is 0 Å².